The van der Waals surface area contributed by atoms with Gasteiger partial charge in [0, 0.05) is 18.0 Å². The number of carbonyl (C=O) groups is 1. The van der Waals surface area contributed by atoms with Crippen molar-refractivity contribution >= 4 is 17.7 Å². The lowest BCUT2D eigenvalue weighted by Crippen LogP contribution is -2.28. The van der Waals surface area contributed by atoms with Gasteiger partial charge in [0.15, 0.2) is 11.0 Å². The van der Waals surface area contributed by atoms with Crippen molar-refractivity contribution in [2.24, 2.45) is 0 Å². The number of nitrogens with one attached hydrogen (secondary N) is 1. The number of thioether (sulfide) groups is 1. The summed E-state index contributed by atoms with van der Waals surface area (Å²) in [5.41, 5.74) is 5.59. The van der Waals surface area contributed by atoms with Gasteiger partial charge >= 0.3 is 0 Å². The first-order valence-corrected chi connectivity index (χ1v) is 11.9. The first-order chi connectivity index (χ1) is 16.0. The number of aryl methyl sites for hydroxylation is 2. The molecule has 2 aromatic heterocycles. The van der Waals surface area contributed by atoms with Crippen LogP contribution in [0.1, 0.15) is 35.2 Å². The fourth-order valence-corrected chi connectivity index (χ4v) is 4.29. The van der Waals surface area contributed by atoms with Crippen molar-refractivity contribution in [2.75, 3.05) is 5.75 Å². The summed E-state index contributed by atoms with van der Waals surface area (Å²) in [7, 11) is 0. The van der Waals surface area contributed by atoms with Crippen molar-refractivity contribution in [3.63, 3.8) is 0 Å². The average Bonchev–Trinajstić information content (AvgIpc) is 3.23. The summed E-state index contributed by atoms with van der Waals surface area (Å²) in [4.78, 5) is 16.9. The lowest BCUT2D eigenvalue weighted by Gasteiger charge is -2.16. The van der Waals surface area contributed by atoms with Crippen LogP contribution in [0.2, 0.25) is 0 Å². The summed E-state index contributed by atoms with van der Waals surface area (Å²) >= 11 is 1.39. The number of carbonyl (C=O) groups excluding carboxylic acids is 1. The highest BCUT2D eigenvalue weighted by Gasteiger charge is 2.17. The molecule has 7 heteroatoms. The topological polar surface area (TPSA) is 72.7 Å². The standard InChI is InChI=1S/C26H27N5OS/c1-18-11-12-22(14-19(18)2)20(3)28-24(32)17-33-26-30-29-25(23-10-7-13-27-15-23)31(26)16-21-8-5-4-6-9-21/h4-15,20H,16-17H2,1-3H3,(H,28,32). The van der Waals surface area contributed by atoms with Crippen LogP contribution in [0, 0.1) is 13.8 Å². The molecule has 0 bridgehead atoms. The van der Waals surface area contributed by atoms with Crippen molar-refractivity contribution < 1.29 is 4.79 Å². The van der Waals surface area contributed by atoms with E-state index in [2.05, 4.69) is 64.7 Å². The van der Waals surface area contributed by atoms with E-state index in [9.17, 15) is 4.79 Å². The van der Waals surface area contributed by atoms with Crippen LogP contribution < -0.4 is 5.32 Å². The zero-order valence-electron chi connectivity index (χ0n) is 19.0. The second-order valence-electron chi connectivity index (χ2n) is 8.04. The van der Waals surface area contributed by atoms with Gasteiger partial charge in [-0.2, -0.15) is 0 Å². The van der Waals surface area contributed by atoms with Crippen LogP contribution in [-0.4, -0.2) is 31.4 Å². The number of aromatic nitrogens is 4. The highest BCUT2D eigenvalue weighted by molar-refractivity contribution is 7.99. The van der Waals surface area contributed by atoms with Crippen LogP contribution in [0.15, 0.2) is 78.2 Å². The van der Waals surface area contributed by atoms with Crippen molar-refractivity contribution in [1.29, 1.82) is 0 Å². The fraction of sp³-hybridized carbons (Fsp3) is 0.231. The first-order valence-electron chi connectivity index (χ1n) is 10.9. The van der Waals surface area contributed by atoms with Crippen molar-refractivity contribution in [3.8, 4) is 11.4 Å². The second-order valence-corrected chi connectivity index (χ2v) is 8.98. The van der Waals surface area contributed by atoms with Gasteiger partial charge in [-0.1, -0.05) is 60.3 Å². The van der Waals surface area contributed by atoms with Gasteiger partial charge in [-0.25, -0.2) is 0 Å². The van der Waals surface area contributed by atoms with Crippen LogP contribution in [0.5, 0.6) is 0 Å². The number of hydrogen-bond acceptors (Lipinski definition) is 5. The zero-order valence-corrected chi connectivity index (χ0v) is 19.8. The maximum absolute atomic E-state index is 12.7. The van der Waals surface area contributed by atoms with Crippen molar-refractivity contribution in [2.45, 2.75) is 38.5 Å². The van der Waals surface area contributed by atoms with Gasteiger partial charge in [0.1, 0.15) is 0 Å². The molecule has 2 heterocycles. The van der Waals surface area contributed by atoms with Gasteiger partial charge in [0.05, 0.1) is 18.3 Å². The predicted octanol–water partition coefficient (Wildman–Crippen LogP) is 4.97. The molecule has 1 atom stereocenters. The van der Waals surface area contributed by atoms with E-state index in [1.165, 1.54) is 22.9 Å². The van der Waals surface area contributed by atoms with E-state index in [0.717, 1.165) is 22.5 Å². The Morgan fingerprint density at radius 1 is 1.03 bits per heavy atom. The monoisotopic (exact) mass is 457 g/mol. The molecule has 0 saturated heterocycles. The van der Waals surface area contributed by atoms with Gasteiger partial charge in [-0.05, 0) is 55.2 Å². The van der Waals surface area contributed by atoms with E-state index in [-0.39, 0.29) is 17.7 Å². The normalized spacial score (nSPS) is 11.8. The number of hydrogen-bond donors (Lipinski definition) is 1. The van der Waals surface area contributed by atoms with Crippen LogP contribution in [0.25, 0.3) is 11.4 Å². The summed E-state index contributed by atoms with van der Waals surface area (Å²) in [6.07, 6.45) is 3.51. The molecule has 1 amide bonds. The lowest BCUT2D eigenvalue weighted by molar-refractivity contribution is -0.119. The molecular formula is C26H27N5OS. The van der Waals surface area contributed by atoms with E-state index in [0.29, 0.717) is 11.7 Å². The third-order valence-corrected chi connectivity index (χ3v) is 6.53. The summed E-state index contributed by atoms with van der Waals surface area (Å²) in [5, 5.41) is 12.6. The van der Waals surface area contributed by atoms with Gasteiger partial charge < -0.3 is 5.32 Å². The van der Waals surface area contributed by atoms with Gasteiger partial charge in [0.2, 0.25) is 5.91 Å². The molecule has 0 saturated carbocycles. The van der Waals surface area contributed by atoms with Crippen molar-refractivity contribution in [3.05, 3.63) is 95.3 Å². The molecule has 4 aromatic rings. The minimum absolute atomic E-state index is 0.0390. The maximum atomic E-state index is 12.7. The predicted molar refractivity (Wildman–Crippen MR) is 132 cm³/mol. The molecule has 168 valence electrons. The van der Waals surface area contributed by atoms with Gasteiger partial charge in [-0.15, -0.1) is 10.2 Å². The Kier molecular flexibility index (Phi) is 7.19. The molecule has 33 heavy (non-hydrogen) atoms. The molecular weight excluding hydrogens is 430 g/mol. The quantitative estimate of drug-likeness (QED) is 0.378. The average molecular weight is 458 g/mol. The summed E-state index contributed by atoms with van der Waals surface area (Å²) < 4.78 is 2.04. The van der Waals surface area contributed by atoms with Crippen LogP contribution in [-0.2, 0) is 11.3 Å². The molecule has 1 N–H and O–H groups in total. The molecule has 1 unspecified atom stereocenters. The largest absolute Gasteiger partial charge is 0.349 e. The first kappa shape index (κ1) is 22.7. The Labute approximate surface area is 198 Å². The van der Waals surface area contributed by atoms with E-state index in [1.807, 2.05) is 41.8 Å². The van der Waals surface area contributed by atoms with E-state index in [1.54, 1.807) is 12.4 Å². The molecule has 0 aliphatic rings. The Balaban J connectivity index is 1.48. The molecule has 0 radical (unpaired) electrons. The molecule has 6 nitrogen and oxygen atoms in total. The van der Waals surface area contributed by atoms with Crippen LogP contribution in [0.4, 0.5) is 0 Å². The Hall–Kier alpha value is -3.45. The Bertz CT molecular complexity index is 1220. The summed E-state index contributed by atoms with van der Waals surface area (Å²) in [6, 6.07) is 20.2. The molecule has 4 rings (SSSR count). The Morgan fingerprint density at radius 2 is 1.85 bits per heavy atom. The smallest absolute Gasteiger partial charge is 0.230 e. The van der Waals surface area contributed by atoms with Crippen molar-refractivity contribution in [1.82, 2.24) is 25.1 Å². The van der Waals surface area contributed by atoms with E-state index < -0.39 is 0 Å². The number of benzene rings is 2. The number of pyridine rings is 1. The molecule has 0 aliphatic carbocycles. The summed E-state index contributed by atoms with van der Waals surface area (Å²) in [5.74, 6) is 0.955. The lowest BCUT2D eigenvalue weighted by atomic mass is 10.0. The minimum Gasteiger partial charge on any atom is -0.349 e. The fourth-order valence-electron chi connectivity index (χ4n) is 3.54. The molecule has 0 spiro atoms. The second kappa shape index (κ2) is 10.4. The van der Waals surface area contributed by atoms with E-state index >= 15 is 0 Å². The van der Waals surface area contributed by atoms with E-state index in [4.69, 9.17) is 0 Å². The minimum atomic E-state index is -0.0643. The number of rotatable bonds is 8. The highest BCUT2D eigenvalue weighted by atomic mass is 32.2. The number of nitrogens with zero attached hydrogens (tertiary/aromatic N) is 4. The van der Waals surface area contributed by atoms with Crippen LogP contribution >= 0.6 is 11.8 Å². The van der Waals surface area contributed by atoms with Crippen LogP contribution in [0.3, 0.4) is 0 Å². The molecule has 0 fully saturated rings. The highest BCUT2D eigenvalue weighted by Crippen LogP contribution is 2.25. The maximum Gasteiger partial charge on any atom is 0.230 e. The summed E-state index contributed by atoms with van der Waals surface area (Å²) in [6.45, 7) is 6.79. The van der Waals surface area contributed by atoms with Gasteiger partial charge in [-0.3, -0.25) is 14.3 Å². The molecule has 0 aliphatic heterocycles. The molecule has 2 aromatic carbocycles. The Morgan fingerprint density at radius 3 is 2.58 bits per heavy atom. The SMILES string of the molecule is Cc1ccc(C(C)NC(=O)CSc2nnc(-c3cccnc3)n2Cc2ccccc2)cc1C. The van der Waals surface area contributed by atoms with Gasteiger partial charge in [0.25, 0.3) is 0 Å². The third kappa shape index (κ3) is 5.68. The third-order valence-electron chi connectivity index (χ3n) is 5.56. The number of amides is 1. The zero-order chi connectivity index (χ0) is 23.2.